The summed E-state index contributed by atoms with van der Waals surface area (Å²) in [5.41, 5.74) is 20.9. The summed E-state index contributed by atoms with van der Waals surface area (Å²) in [6.07, 6.45) is 5.45. The van der Waals surface area contributed by atoms with Crippen LogP contribution in [0.4, 0.5) is 68.2 Å². The summed E-state index contributed by atoms with van der Waals surface area (Å²) < 4.78 is 0. The molecular weight excluding hydrogens is 1460 g/mol. The van der Waals surface area contributed by atoms with Crippen molar-refractivity contribution in [3.8, 4) is 0 Å². The molecule has 0 atom stereocenters. The average Bonchev–Trinajstić information content (AvgIpc) is 0.785. The van der Waals surface area contributed by atoms with Crippen molar-refractivity contribution in [2.45, 2.75) is 234 Å². The van der Waals surface area contributed by atoms with Crippen molar-refractivity contribution in [3.63, 3.8) is 0 Å². The summed E-state index contributed by atoms with van der Waals surface area (Å²) in [4.78, 5) is 4.81. The van der Waals surface area contributed by atoms with Crippen molar-refractivity contribution < 1.29 is 68.3 Å². The van der Waals surface area contributed by atoms with Crippen LogP contribution in [-0.2, 0) is 68.3 Å². The van der Waals surface area contributed by atoms with Crippen LogP contribution in [0.1, 0.15) is 166 Å². The Bertz CT molecular complexity index is 2510. The van der Waals surface area contributed by atoms with Crippen LogP contribution in [0.2, 0.25) is 0 Å². The van der Waals surface area contributed by atoms with Crippen molar-refractivity contribution in [1.29, 1.82) is 0 Å². The van der Waals surface area contributed by atoms with E-state index in [0.717, 1.165) is 106 Å². The molecule has 6 aromatic rings. The molecule has 0 aliphatic carbocycles. The first-order valence-electron chi connectivity index (χ1n) is 35.0. The summed E-state index contributed by atoms with van der Waals surface area (Å²) in [5, 5.41) is 32.2. The first kappa shape index (κ1) is 92.4. The van der Waals surface area contributed by atoms with Crippen LogP contribution >= 0.6 is 47.5 Å². The molecule has 0 aliphatic rings. The van der Waals surface area contributed by atoms with Crippen LogP contribution in [0, 0.1) is 0 Å². The number of hydrogen-bond acceptors (Lipinski definition) is 2. The molecule has 0 spiro atoms. The summed E-state index contributed by atoms with van der Waals surface area (Å²) in [7, 11) is -3.87. The predicted octanol–water partition coefficient (Wildman–Crippen LogP) is 28.3. The second-order valence-electron chi connectivity index (χ2n) is 28.8. The van der Waals surface area contributed by atoms with E-state index in [1.54, 1.807) is 0 Å². The number of para-hydroxylation sites is 12. The maximum Gasteiger partial charge on any atom is 2.00 e. The Kier molecular flexibility index (Phi) is 45.1. The monoisotopic (exact) mass is 1580 g/mol. The maximum atomic E-state index is 5.37. The van der Waals surface area contributed by atoms with Gasteiger partial charge in [0.2, 0.25) is 0 Å². The Balaban J connectivity index is 0.000000922. The van der Waals surface area contributed by atoms with E-state index in [2.05, 4.69) is 322 Å². The Morgan fingerprint density at radius 1 is 0.208 bits per heavy atom. The quantitative estimate of drug-likeness (QED) is 0.0367. The van der Waals surface area contributed by atoms with E-state index >= 15 is 0 Å². The minimum absolute atomic E-state index is 0. The third kappa shape index (κ3) is 27.9. The van der Waals surface area contributed by atoms with Crippen LogP contribution in [0.15, 0.2) is 146 Å². The van der Waals surface area contributed by atoms with Crippen molar-refractivity contribution in [2.75, 3.05) is 47.5 Å². The van der Waals surface area contributed by atoms with Crippen LogP contribution in [0.3, 0.4) is 0 Å². The molecule has 18 heteroatoms. The average molecular weight is 1580 g/mol. The molecule has 0 aromatic heterocycles. The Hall–Kier alpha value is -1.62. The number of rotatable bonds is 36. The summed E-state index contributed by atoms with van der Waals surface area (Å²) in [6, 6.07) is 52.2. The van der Waals surface area contributed by atoms with Gasteiger partial charge in [0, 0.05) is 34.1 Å². The number of anilines is 6. The van der Waals surface area contributed by atoms with Crippen molar-refractivity contribution in [1.82, 2.24) is 0 Å². The second kappa shape index (κ2) is 46.9. The number of benzene rings is 6. The zero-order valence-corrected chi connectivity index (χ0v) is 73.7. The molecule has 0 heterocycles. The van der Waals surface area contributed by atoms with Crippen LogP contribution in [-0.4, -0.2) is 106 Å². The maximum absolute atomic E-state index is 5.37. The molecule has 0 fully saturated rings. The van der Waals surface area contributed by atoms with Gasteiger partial charge in [-0.3, -0.25) is 0 Å². The Morgan fingerprint density at radius 2 is 0.312 bits per heavy atom. The zero-order chi connectivity index (χ0) is 67.9. The molecule has 2 radical (unpaired) electrons. The SMILES string of the molecule is CC(C)[PH+](C[N-]c1ccccc1N(c1ccccc1[N-]C[PH+](C(C)C)C(C)C)c1ccccc1[N-]C[PH+](C(C)C)C(C)C)C(C)C.CC(C)[PH+](C[N-]c1ccccc1N(c1ccccc1[N-]C[PH+](C(C)C)C(C)C)c1ccccc1[N-]C[PH+](C(C)C)C(C)C)C(C)C.[Co+2].[Co+2].[Cr+2].[Cr+2]. The van der Waals surface area contributed by atoms with Crippen LogP contribution < -0.4 is 9.80 Å². The van der Waals surface area contributed by atoms with E-state index in [9.17, 15) is 0 Å². The van der Waals surface area contributed by atoms with E-state index < -0.39 is 47.5 Å². The Labute approximate surface area is 637 Å². The summed E-state index contributed by atoms with van der Waals surface area (Å²) in [6.45, 7) is 56.8. The molecule has 0 saturated heterocycles. The van der Waals surface area contributed by atoms with Crippen LogP contribution in [0.5, 0.6) is 0 Å². The summed E-state index contributed by atoms with van der Waals surface area (Å²) in [5.74, 6) is 0. The molecule has 0 bridgehead atoms. The molecule has 0 aliphatic heterocycles. The van der Waals surface area contributed by atoms with Gasteiger partial charge in [0.1, 0.15) is 0 Å². The molecule has 96 heavy (non-hydrogen) atoms. The fraction of sp³-hybridized carbons (Fsp3) is 0.538. The molecule has 6 aromatic carbocycles. The number of hydrogen-bond donors (Lipinski definition) is 0. The molecule has 6 rings (SSSR count). The van der Waals surface area contributed by atoms with Crippen LogP contribution in [0.25, 0.3) is 31.9 Å². The second-order valence-corrected chi connectivity index (χ2v) is 51.5. The minimum Gasteiger partial charge on any atom is -0.651 e. The van der Waals surface area contributed by atoms with Gasteiger partial charge >= 0.3 is 68.3 Å². The smallest absolute Gasteiger partial charge is 0.651 e. The molecule has 0 N–H and O–H groups in total. The summed E-state index contributed by atoms with van der Waals surface area (Å²) >= 11 is 0. The molecule has 0 unspecified atom stereocenters. The molecule has 0 amide bonds. The van der Waals surface area contributed by atoms with Crippen molar-refractivity contribution in [2.24, 2.45) is 0 Å². The van der Waals surface area contributed by atoms with Gasteiger partial charge in [-0.15, -0.1) is 34.1 Å². The first-order valence-corrected chi connectivity index (χ1v) is 46.2. The largest absolute Gasteiger partial charge is 2.00 e. The van der Waals surface area contributed by atoms with E-state index in [0.29, 0.717) is 67.9 Å². The molecule has 0 saturated carbocycles. The number of nitrogens with zero attached hydrogens (tertiary/aromatic N) is 8. The predicted molar refractivity (Wildman–Crippen MR) is 441 cm³/mol. The third-order valence-corrected chi connectivity index (χ3v) is 39.2. The fourth-order valence-electron chi connectivity index (χ4n) is 12.7. The fourth-order valence-corrected chi connectivity index (χ4v) is 27.2. The van der Waals surface area contributed by atoms with E-state index in [4.69, 9.17) is 31.9 Å². The van der Waals surface area contributed by atoms with Gasteiger partial charge < -0.3 is 41.7 Å². The van der Waals surface area contributed by atoms with Gasteiger partial charge in [0.05, 0.1) is 67.9 Å². The van der Waals surface area contributed by atoms with E-state index in [1.807, 2.05) is 0 Å². The van der Waals surface area contributed by atoms with Gasteiger partial charge in [-0.25, -0.2) is 0 Å². The van der Waals surface area contributed by atoms with E-state index in [1.165, 1.54) is 0 Å². The topological polar surface area (TPSA) is 91.1 Å². The van der Waals surface area contributed by atoms with E-state index in [-0.39, 0.29) is 68.3 Å². The van der Waals surface area contributed by atoms with Crippen molar-refractivity contribution >= 4 is 116 Å². The molecule has 8 nitrogen and oxygen atoms in total. The molecule has 530 valence electrons. The van der Waals surface area contributed by atoms with Gasteiger partial charge in [0.15, 0.2) is 0 Å². The normalized spacial score (nSPS) is 11.7. The standard InChI is InChI=1S/2C39H60N4P3.2Co.2Cr/c2*1-28(2)44(29(3)4)25-40-34-19-13-16-22-37(34)43(38-23-17-14-20-35(38)41-26-45(30(5)6)31(7)8)39-24-18-15-21-36(39)42-27-46(32(9)10)33(11)12;;;;/h2*13-24,28-33H,25-27H2,1-12H3;;;;/q2*-3;4*+2/p+6. The van der Waals surface area contributed by atoms with Gasteiger partial charge in [0.25, 0.3) is 0 Å². The van der Waals surface area contributed by atoms with Gasteiger partial charge in [-0.1, -0.05) is 109 Å². The van der Waals surface area contributed by atoms with Crippen molar-refractivity contribution in [3.05, 3.63) is 177 Å². The Morgan fingerprint density at radius 3 is 0.417 bits per heavy atom. The third-order valence-electron chi connectivity index (χ3n) is 18.2. The minimum atomic E-state index is -0.646. The van der Waals surface area contributed by atoms with Gasteiger partial charge in [-0.05, 0) is 288 Å². The molecular formula is C78H126Co2Cr2N8P6+8. The zero-order valence-electron chi connectivity index (χ0n) is 63.1. The van der Waals surface area contributed by atoms with Gasteiger partial charge in [-0.2, -0.15) is 0 Å². The first-order chi connectivity index (χ1) is 43.7.